The smallest absolute Gasteiger partial charge is 0.274 e. The minimum Gasteiger partial charge on any atom is -0.381 e. The van der Waals surface area contributed by atoms with E-state index in [0.29, 0.717) is 58.2 Å². The zero-order valence-electron chi connectivity index (χ0n) is 18.5. The summed E-state index contributed by atoms with van der Waals surface area (Å²) in [5, 5.41) is 11.3. The number of hydrogen-bond acceptors (Lipinski definition) is 5. The van der Waals surface area contributed by atoms with Crippen molar-refractivity contribution in [2.75, 3.05) is 18.5 Å². The van der Waals surface area contributed by atoms with E-state index in [1.54, 1.807) is 43.5 Å². The molecule has 2 fully saturated rings. The average Bonchev–Trinajstić information content (AvgIpc) is 3.48. The third-order valence-corrected chi connectivity index (χ3v) is 6.35. The summed E-state index contributed by atoms with van der Waals surface area (Å²) in [5.41, 5.74) is 2.40. The van der Waals surface area contributed by atoms with Crippen molar-refractivity contribution in [2.24, 2.45) is 5.92 Å². The second-order valence-electron chi connectivity index (χ2n) is 8.70. The van der Waals surface area contributed by atoms with Crippen LogP contribution in [-0.2, 0) is 11.2 Å². The number of nitrogens with zero attached hydrogens (tertiary/aromatic N) is 3. The Hall–Kier alpha value is -2.94. The SMILES string of the molecule is Cc1cc(Cl)cc(C(=O)NC2CC2)c1NC(=O)c1cc(CC2COC2)nn1-c1ncccc1Cl. The predicted octanol–water partition coefficient (Wildman–Crippen LogP) is 4.22. The molecule has 2 aromatic heterocycles. The lowest BCUT2D eigenvalue weighted by Gasteiger charge is -2.24. The molecule has 0 radical (unpaired) electrons. The highest BCUT2D eigenvalue weighted by Gasteiger charge is 2.28. The van der Waals surface area contributed by atoms with E-state index in [2.05, 4.69) is 20.7 Å². The number of carbonyl (C=O) groups is 2. The van der Waals surface area contributed by atoms with E-state index in [4.69, 9.17) is 27.9 Å². The Morgan fingerprint density at radius 2 is 1.97 bits per heavy atom. The van der Waals surface area contributed by atoms with Gasteiger partial charge in [-0.15, -0.1) is 0 Å². The molecule has 34 heavy (non-hydrogen) atoms. The lowest BCUT2D eigenvalue weighted by molar-refractivity contribution is -0.0316. The lowest BCUT2D eigenvalue weighted by Crippen LogP contribution is -2.29. The van der Waals surface area contributed by atoms with Gasteiger partial charge in [0, 0.05) is 23.2 Å². The van der Waals surface area contributed by atoms with E-state index in [0.717, 1.165) is 18.5 Å². The van der Waals surface area contributed by atoms with Crippen LogP contribution in [0.2, 0.25) is 10.0 Å². The van der Waals surface area contributed by atoms with Crippen LogP contribution in [0.4, 0.5) is 5.69 Å². The summed E-state index contributed by atoms with van der Waals surface area (Å²) in [7, 11) is 0. The number of rotatable bonds is 7. The maximum absolute atomic E-state index is 13.5. The number of ether oxygens (including phenoxy) is 1. The van der Waals surface area contributed by atoms with Gasteiger partial charge in [-0.25, -0.2) is 9.67 Å². The van der Waals surface area contributed by atoms with Crippen LogP contribution < -0.4 is 10.6 Å². The van der Waals surface area contributed by atoms with Gasteiger partial charge in [-0.05, 0) is 62.1 Å². The number of benzene rings is 1. The Kier molecular flexibility index (Phi) is 6.29. The van der Waals surface area contributed by atoms with E-state index in [1.165, 1.54) is 4.68 Å². The molecule has 3 heterocycles. The standard InChI is InChI=1S/C24H23Cl2N5O3/c1-13-7-15(25)9-18(23(32)28-16-4-5-16)21(13)29-24(33)20-10-17(8-14-11-34-12-14)30-31(20)22-19(26)3-2-6-27-22/h2-3,6-7,9-10,14,16H,4-5,8,11-12H2,1H3,(H,28,32)(H,29,33). The molecular formula is C24H23Cl2N5O3. The van der Waals surface area contributed by atoms with Crippen LogP contribution >= 0.6 is 23.2 Å². The molecule has 5 rings (SSSR count). The predicted molar refractivity (Wildman–Crippen MR) is 129 cm³/mol. The highest BCUT2D eigenvalue weighted by molar-refractivity contribution is 6.32. The van der Waals surface area contributed by atoms with Gasteiger partial charge in [-0.1, -0.05) is 23.2 Å². The van der Waals surface area contributed by atoms with Crippen LogP contribution in [-0.4, -0.2) is 45.8 Å². The van der Waals surface area contributed by atoms with E-state index >= 15 is 0 Å². The number of nitrogens with one attached hydrogen (secondary N) is 2. The highest BCUT2D eigenvalue weighted by Crippen LogP contribution is 2.29. The Labute approximate surface area is 206 Å². The van der Waals surface area contributed by atoms with Crippen LogP contribution in [0.1, 0.15) is 44.9 Å². The van der Waals surface area contributed by atoms with Crippen molar-refractivity contribution >= 4 is 40.7 Å². The summed E-state index contributed by atoms with van der Waals surface area (Å²) in [6.07, 6.45) is 4.16. The van der Waals surface area contributed by atoms with Crippen LogP contribution in [0.25, 0.3) is 5.82 Å². The molecule has 1 aliphatic carbocycles. The summed E-state index contributed by atoms with van der Waals surface area (Å²) in [6.45, 7) is 3.13. The molecule has 1 aliphatic heterocycles. The van der Waals surface area contributed by atoms with Crippen molar-refractivity contribution in [1.82, 2.24) is 20.1 Å². The van der Waals surface area contributed by atoms with Crippen molar-refractivity contribution in [1.29, 1.82) is 0 Å². The molecule has 2 amide bonds. The van der Waals surface area contributed by atoms with Crippen LogP contribution in [0.3, 0.4) is 0 Å². The molecule has 2 N–H and O–H groups in total. The molecule has 1 aromatic carbocycles. The fourth-order valence-electron chi connectivity index (χ4n) is 3.84. The summed E-state index contributed by atoms with van der Waals surface area (Å²) in [5.74, 6) is 0.00576. The topological polar surface area (TPSA) is 98.1 Å². The summed E-state index contributed by atoms with van der Waals surface area (Å²) < 4.78 is 6.71. The quantitative estimate of drug-likeness (QED) is 0.507. The number of halogens is 2. The Morgan fingerprint density at radius 1 is 1.18 bits per heavy atom. The van der Waals surface area contributed by atoms with Crippen LogP contribution in [0.5, 0.6) is 0 Å². The van der Waals surface area contributed by atoms with Gasteiger partial charge >= 0.3 is 0 Å². The van der Waals surface area contributed by atoms with E-state index in [9.17, 15) is 9.59 Å². The number of pyridine rings is 1. The minimum absolute atomic E-state index is 0.168. The van der Waals surface area contributed by atoms with Crippen molar-refractivity contribution in [3.8, 4) is 5.82 Å². The second-order valence-corrected chi connectivity index (χ2v) is 9.54. The third kappa shape index (κ3) is 4.80. The van der Waals surface area contributed by atoms with Gasteiger partial charge in [-0.2, -0.15) is 5.10 Å². The number of carbonyl (C=O) groups excluding carboxylic acids is 2. The first kappa shape index (κ1) is 22.8. The number of hydrogen-bond donors (Lipinski definition) is 2. The van der Waals surface area contributed by atoms with Gasteiger partial charge in [0.05, 0.1) is 35.2 Å². The first-order valence-electron chi connectivity index (χ1n) is 11.1. The molecule has 1 saturated carbocycles. The Bertz CT molecular complexity index is 1270. The van der Waals surface area contributed by atoms with Crippen molar-refractivity contribution in [3.05, 3.63) is 69.1 Å². The third-order valence-electron chi connectivity index (χ3n) is 5.83. The molecule has 2 aliphatic rings. The van der Waals surface area contributed by atoms with E-state index < -0.39 is 5.91 Å². The fraction of sp³-hybridized carbons (Fsp3) is 0.333. The first-order valence-corrected chi connectivity index (χ1v) is 11.8. The largest absolute Gasteiger partial charge is 0.381 e. The number of anilines is 1. The van der Waals surface area contributed by atoms with Gasteiger partial charge < -0.3 is 15.4 Å². The zero-order chi connectivity index (χ0) is 23.8. The maximum atomic E-state index is 13.5. The van der Waals surface area contributed by atoms with Crippen molar-refractivity contribution < 1.29 is 14.3 Å². The normalized spacial score (nSPS) is 15.6. The monoisotopic (exact) mass is 499 g/mol. The molecule has 0 atom stereocenters. The highest BCUT2D eigenvalue weighted by atomic mass is 35.5. The molecule has 3 aromatic rings. The molecule has 0 bridgehead atoms. The minimum atomic E-state index is -0.434. The molecule has 8 nitrogen and oxygen atoms in total. The average molecular weight is 500 g/mol. The summed E-state index contributed by atoms with van der Waals surface area (Å²) >= 11 is 12.6. The molecule has 1 saturated heterocycles. The van der Waals surface area contributed by atoms with Gasteiger partial charge in [0.15, 0.2) is 5.82 Å². The number of aryl methyl sites for hydroxylation is 1. The molecule has 10 heteroatoms. The number of amides is 2. The fourth-order valence-corrected chi connectivity index (χ4v) is 4.32. The van der Waals surface area contributed by atoms with Crippen LogP contribution in [0, 0.1) is 12.8 Å². The van der Waals surface area contributed by atoms with Crippen molar-refractivity contribution in [3.63, 3.8) is 0 Å². The summed E-state index contributed by atoms with van der Waals surface area (Å²) in [6, 6.07) is 8.58. The lowest BCUT2D eigenvalue weighted by atomic mass is 10.0. The first-order chi connectivity index (χ1) is 16.4. The molecule has 0 spiro atoms. The second kappa shape index (κ2) is 9.37. The Morgan fingerprint density at radius 3 is 2.65 bits per heavy atom. The zero-order valence-corrected chi connectivity index (χ0v) is 20.0. The van der Waals surface area contributed by atoms with E-state index in [1.807, 2.05) is 0 Å². The summed E-state index contributed by atoms with van der Waals surface area (Å²) in [4.78, 5) is 30.7. The van der Waals surface area contributed by atoms with Gasteiger partial charge in [0.25, 0.3) is 11.8 Å². The van der Waals surface area contributed by atoms with Gasteiger partial charge in [0.1, 0.15) is 5.69 Å². The van der Waals surface area contributed by atoms with E-state index in [-0.39, 0.29) is 17.6 Å². The molecule has 176 valence electrons. The van der Waals surface area contributed by atoms with Gasteiger partial charge in [0.2, 0.25) is 0 Å². The number of aromatic nitrogens is 3. The Balaban J connectivity index is 1.50. The van der Waals surface area contributed by atoms with Gasteiger partial charge in [-0.3, -0.25) is 9.59 Å². The molecule has 0 unspecified atom stereocenters. The maximum Gasteiger partial charge on any atom is 0.274 e. The van der Waals surface area contributed by atoms with Crippen molar-refractivity contribution in [2.45, 2.75) is 32.2 Å². The molecular weight excluding hydrogens is 477 g/mol. The van der Waals surface area contributed by atoms with Crippen LogP contribution in [0.15, 0.2) is 36.5 Å².